The zero-order valence-corrected chi connectivity index (χ0v) is 7.62. The lowest BCUT2D eigenvalue weighted by molar-refractivity contribution is 0.265. The summed E-state index contributed by atoms with van der Waals surface area (Å²) in [6, 6.07) is 0. The topological polar surface area (TPSA) is 60.7 Å². The van der Waals surface area contributed by atoms with E-state index in [1.165, 1.54) is 6.08 Å². The van der Waals surface area contributed by atoms with Crippen LogP contribution in [0, 0.1) is 5.92 Å². The smallest absolute Gasteiger partial charge is 0.195 e. The first kappa shape index (κ1) is 11.4. The summed E-state index contributed by atoms with van der Waals surface area (Å²) in [6.45, 7) is 11.8. The Balaban J connectivity index is 4.87. The Bertz CT molecular complexity index is 274. The Morgan fingerprint density at radius 1 is 1.23 bits per heavy atom. The number of allylic oxidation sites excluding steroid dienone is 2. The van der Waals surface area contributed by atoms with E-state index in [4.69, 9.17) is 10.2 Å². The van der Waals surface area contributed by atoms with E-state index >= 15 is 0 Å². The first-order chi connectivity index (χ1) is 5.91. The molecule has 1 atom stereocenters. The van der Waals surface area contributed by atoms with E-state index in [0.29, 0.717) is 5.57 Å². The minimum Gasteiger partial charge on any atom is -0.508 e. The van der Waals surface area contributed by atoms with Gasteiger partial charge in [-0.3, -0.25) is 0 Å². The summed E-state index contributed by atoms with van der Waals surface area (Å²) in [4.78, 5) is 0. The number of aliphatic hydroxyl groups excluding tert-OH is 3. The van der Waals surface area contributed by atoms with E-state index in [1.807, 2.05) is 0 Å². The molecule has 0 aliphatic rings. The van der Waals surface area contributed by atoms with Crippen molar-refractivity contribution in [3.63, 3.8) is 0 Å². The fourth-order valence-electron chi connectivity index (χ4n) is 0.705. The number of rotatable bonds is 4. The van der Waals surface area contributed by atoms with Crippen molar-refractivity contribution in [2.75, 3.05) is 0 Å². The van der Waals surface area contributed by atoms with Crippen LogP contribution in [0.25, 0.3) is 0 Å². The summed E-state index contributed by atoms with van der Waals surface area (Å²) >= 11 is 0. The summed E-state index contributed by atoms with van der Waals surface area (Å²) < 4.78 is 0. The van der Waals surface area contributed by atoms with E-state index < -0.39 is 17.4 Å². The van der Waals surface area contributed by atoms with E-state index in [9.17, 15) is 5.11 Å². The standard InChI is InChI=1S/C10H14O3/c1-5-6(2)7(3)9(12)10(13)8(4)11/h5,7,11-13H,1-2,4H2,3H3/b10-9-. The first-order valence-corrected chi connectivity index (χ1v) is 3.73. The van der Waals surface area contributed by atoms with Crippen LogP contribution in [0.1, 0.15) is 6.92 Å². The van der Waals surface area contributed by atoms with Crippen molar-refractivity contribution in [1.29, 1.82) is 0 Å². The van der Waals surface area contributed by atoms with Crippen molar-refractivity contribution in [2.24, 2.45) is 5.92 Å². The zero-order valence-electron chi connectivity index (χ0n) is 7.62. The Labute approximate surface area is 77.6 Å². The second-order valence-corrected chi connectivity index (χ2v) is 2.68. The molecule has 0 rings (SSSR count). The lowest BCUT2D eigenvalue weighted by Crippen LogP contribution is -2.05. The summed E-state index contributed by atoms with van der Waals surface area (Å²) in [6.07, 6.45) is 1.47. The number of aliphatic hydroxyl groups is 3. The highest BCUT2D eigenvalue weighted by Crippen LogP contribution is 2.21. The van der Waals surface area contributed by atoms with Crippen molar-refractivity contribution >= 4 is 0 Å². The van der Waals surface area contributed by atoms with Gasteiger partial charge in [-0.2, -0.15) is 0 Å². The van der Waals surface area contributed by atoms with Gasteiger partial charge in [-0.25, -0.2) is 0 Å². The molecular weight excluding hydrogens is 168 g/mol. The Morgan fingerprint density at radius 2 is 1.69 bits per heavy atom. The fraction of sp³-hybridized carbons (Fsp3) is 0.200. The van der Waals surface area contributed by atoms with Gasteiger partial charge >= 0.3 is 0 Å². The molecule has 13 heavy (non-hydrogen) atoms. The van der Waals surface area contributed by atoms with Gasteiger partial charge in [-0.15, -0.1) is 0 Å². The van der Waals surface area contributed by atoms with Crippen molar-refractivity contribution in [1.82, 2.24) is 0 Å². The average molecular weight is 182 g/mol. The van der Waals surface area contributed by atoms with E-state index in [2.05, 4.69) is 19.7 Å². The number of hydrogen-bond donors (Lipinski definition) is 3. The van der Waals surface area contributed by atoms with Crippen LogP contribution in [0.3, 0.4) is 0 Å². The molecule has 0 bridgehead atoms. The van der Waals surface area contributed by atoms with Crippen molar-refractivity contribution in [2.45, 2.75) is 6.92 Å². The van der Waals surface area contributed by atoms with Gasteiger partial charge in [0, 0.05) is 5.92 Å². The molecule has 3 nitrogen and oxygen atoms in total. The third-order valence-corrected chi connectivity index (χ3v) is 1.74. The van der Waals surface area contributed by atoms with Crippen molar-refractivity contribution in [3.8, 4) is 0 Å². The maximum atomic E-state index is 9.36. The molecule has 0 fully saturated rings. The van der Waals surface area contributed by atoms with Crippen LogP contribution in [0.15, 0.2) is 48.7 Å². The lowest BCUT2D eigenvalue weighted by Gasteiger charge is -2.11. The summed E-state index contributed by atoms with van der Waals surface area (Å²) in [5.41, 5.74) is 0.547. The summed E-state index contributed by atoms with van der Waals surface area (Å²) in [5.74, 6) is -2.03. The highest BCUT2D eigenvalue weighted by atomic mass is 16.3. The monoisotopic (exact) mass is 182 g/mol. The summed E-state index contributed by atoms with van der Waals surface area (Å²) in [7, 11) is 0. The van der Waals surface area contributed by atoms with E-state index in [1.54, 1.807) is 6.92 Å². The minimum absolute atomic E-state index is 0.364. The molecule has 0 heterocycles. The molecule has 72 valence electrons. The largest absolute Gasteiger partial charge is 0.508 e. The fourth-order valence-corrected chi connectivity index (χ4v) is 0.705. The molecule has 0 aliphatic heterocycles. The van der Waals surface area contributed by atoms with Gasteiger partial charge in [0.05, 0.1) is 0 Å². The molecule has 0 radical (unpaired) electrons. The highest BCUT2D eigenvalue weighted by molar-refractivity contribution is 5.27. The molecule has 0 amide bonds. The molecule has 0 saturated heterocycles. The molecule has 0 spiro atoms. The van der Waals surface area contributed by atoms with Gasteiger partial charge in [0.1, 0.15) is 5.76 Å². The van der Waals surface area contributed by atoms with Gasteiger partial charge in [-0.05, 0) is 5.57 Å². The third-order valence-electron chi connectivity index (χ3n) is 1.74. The van der Waals surface area contributed by atoms with Crippen LogP contribution >= 0.6 is 0 Å². The van der Waals surface area contributed by atoms with Gasteiger partial charge < -0.3 is 15.3 Å². The second kappa shape index (κ2) is 4.40. The maximum absolute atomic E-state index is 9.36. The van der Waals surface area contributed by atoms with Crippen LogP contribution in [0.5, 0.6) is 0 Å². The van der Waals surface area contributed by atoms with Crippen LogP contribution in [0.4, 0.5) is 0 Å². The molecular formula is C10H14O3. The maximum Gasteiger partial charge on any atom is 0.195 e. The van der Waals surface area contributed by atoms with Gasteiger partial charge in [-0.1, -0.05) is 32.7 Å². The molecule has 0 aliphatic carbocycles. The lowest BCUT2D eigenvalue weighted by atomic mass is 9.99. The molecule has 3 N–H and O–H groups in total. The van der Waals surface area contributed by atoms with E-state index in [-0.39, 0.29) is 5.76 Å². The quantitative estimate of drug-likeness (QED) is 0.462. The molecule has 1 unspecified atom stereocenters. The summed E-state index contributed by atoms with van der Waals surface area (Å²) in [5, 5.41) is 27.2. The minimum atomic E-state index is -0.615. The Kier molecular flexibility index (Phi) is 3.85. The predicted octanol–water partition coefficient (Wildman–Crippen LogP) is 2.76. The third kappa shape index (κ3) is 2.71. The Morgan fingerprint density at radius 3 is 2.00 bits per heavy atom. The average Bonchev–Trinajstić information content (AvgIpc) is 2.12. The molecule has 3 heteroatoms. The zero-order chi connectivity index (χ0) is 10.6. The molecule has 0 aromatic heterocycles. The van der Waals surface area contributed by atoms with Crippen LogP contribution in [0.2, 0.25) is 0 Å². The van der Waals surface area contributed by atoms with Crippen molar-refractivity contribution in [3.05, 3.63) is 48.7 Å². The first-order valence-electron chi connectivity index (χ1n) is 3.73. The Hall–Kier alpha value is -1.64. The molecule has 0 aromatic carbocycles. The van der Waals surface area contributed by atoms with Gasteiger partial charge in [0.25, 0.3) is 0 Å². The second-order valence-electron chi connectivity index (χ2n) is 2.68. The highest BCUT2D eigenvalue weighted by Gasteiger charge is 2.15. The van der Waals surface area contributed by atoms with Crippen molar-refractivity contribution < 1.29 is 15.3 Å². The predicted molar refractivity (Wildman–Crippen MR) is 52.6 cm³/mol. The van der Waals surface area contributed by atoms with Crippen LogP contribution in [-0.2, 0) is 0 Å². The normalized spacial score (nSPS) is 14.2. The van der Waals surface area contributed by atoms with Crippen LogP contribution < -0.4 is 0 Å². The van der Waals surface area contributed by atoms with Gasteiger partial charge in [0.15, 0.2) is 11.5 Å². The number of hydrogen-bond acceptors (Lipinski definition) is 3. The van der Waals surface area contributed by atoms with Gasteiger partial charge in [0.2, 0.25) is 0 Å². The van der Waals surface area contributed by atoms with Crippen LogP contribution in [-0.4, -0.2) is 15.3 Å². The molecule has 0 saturated carbocycles. The molecule has 0 aromatic rings. The SMILES string of the molecule is C=CC(=C)C(C)/C(O)=C(/O)C(=C)O. The van der Waals surface area contributed by atoms with E-state index in [0.717, 1.165) is 0 Å².